The highest BCUT2D eigenvalue weighted by molar-refractivity contribution is 5.44. The van der Waals surface area contributed by atoms with Crippen LogP contribution in [0.3, 0.4) is 0 Å². The predicted molar refractivity (Wildman–Crippen MR) is 103 cm³/mol. The predicted octanol–water partition coefficient (Wildman–Crippen LogP) is 2.68. The summed E-state index contributed by atoms with van der Waals surface area (Å²) in [5, 5.41) is 34.7. The highest BCUT2D eigenvalue weighted by Gasteiger charge is 2.45. The molecular formula is C21H22N4O3. The monoisotopic (exact) mass is 378 g/mol. The van der Waals surface area contributed by atoms with Gasteiger partial charge in [0.15, 0.2) is 11.5 Å². The highest BCUT2D eigenvalue weighted by Crippen LogP contribution is 2.44. The fourth-order valence-electron chi connectivity index (χ4n) is 4.13. The van der Waals surface area contributed by atoms with Gasteiger partial charge in [0.2, 0.25) is 0 Å². The molecule has 0 aromatic heterocycles. The van der Waals surface area contributed by atoms with Gasteiger partial charge in [0.1, 0.15) is 11.9 Å². The van der Waals surface area contributed by atoms with E-state index in [0.717, 1.165) is 11.1 Å². The number of aromatic hydroxyl groups is 2. The van der Waals surface area contributed by atoms with Gasteiger partial charge in [-0.3, -0.25) is 5.32 Å². The molecule has 4 unspecified atom stereocenters. The Hall–Kier alpha value is -3.21. The summed E-state index contributed by atoms with van der Waals surface area (Å²) in [7, 11) is 1.52. The van der Waals surface area contributed by atoms with E-state index in [1.807, 2.05) is 29.3 Å². The number of benzene rings is 2. The fourth-order valence-corrected chi connectivity index (χ4v) is 4.13. The number of phenolic OH excluding ortho intramolecular Hbond substituents is 2. The third kappa shape index (κ3) is 2.93. The molecule has 7 nitrogen and oxygen atoms in total. The van der Waals surface area contributed by atoms with E-state index in [9.17, 15) is 15.5 Å². The summed E-state index contributed by atoms with van der Waals surface area (Å²) in [6.45, 7) is 2.14. The molecule has 4 rings (SSSR count). The number of ether oxygens (including phenoxy) is 1. The van der Waals surface area contributed by atoms with E-state index in [1.54, 1.807) is 24.4 Å². The lowest BCUT2D eigenvalue weighted by Crippen LogP contribution is -2.58. The summed E-state index contributed by atoms with van der Waals surface area (Å²) in [5.74, 6) is 0.822. The Balaban J connectivity index is 1.76. The normalized spacial score (nSPS) is 26.7. The zero-order valence-corrected chi connectivity index (χ0v) is 15.6. The molecule has 144 valence electrons. The Morgan fingerprint density at radius 2 is 1.82 bits per heavy atom. The number of hydrogen-bond donors (Lipinski definition) is 4. The van der Waals surface area contributed by atoms with Crippen LogP contribution in [0.1, 0.15) is 30.1 Å². The van der Waals surface area contributed by atoms with Gasteiger partial charge >= 0.3 is 0 Å². The Kier molecular flexibility index (Phi) is 4.59. The maximum Gasteiger partial charge on any atom is 0.160 e. The van der Waals surface area contributed by atoms with Crippen LogP contribution in [0.15, 0.2) is 54.2 Å². The van der Waals surface area contributed by atoms with Gasteiger partial charge in [-0.15, -0.1) is 0 Å². The summed E-state index contributed by atoms with van der Waals surface area (Å²) >= 11 is 0. The number of nitrogens with zero attached hydrogens (tertiary/aromatic N) is 2. The Labute approximate surface area is 163 Å². The number of hydrogen-bond acceptors (Lipinski definition) is 7. The number of nitriles is 1. The highest BCUT2D eigenvalue weighted by atomic mass is 16.5. The first-order valence-corrected chi connectivity index (χ1v) is 9.10. The standard InChI is InChI=1S/C21H22N4O3/c1-12-19(14-5-8-17(27)18(9-14)28-2)24-21-15(10-22)11-23-25(21)20(12)13-3-6-16(26)7-4-13/h3-9,11-12,19-21,23-24,26-27H,1-2H3. The molecule has 4 atom stereocenters. The van der Waals surface area contributed by atoms with Crippen LogP contribution < -0.4 is 15.5 Å². The van der Waals surface area contributed by atoms with Crippen molar-refractivity contribution in [1.29, 1.82) is 5.26 Å². The largest absolute Gasteiger partial charge is 0.508 e. The minimum atomic E-state index is -0.287. The molecule has 28 heavy (non-hydrogen) atoms. The molecule has 2 aliphatic heterocycles. The van der Waals surface area contributed by atoms with Crippen LogP contribution in [0.4, 0.5) is 0 Å². The van der Waals surface area contributed by atoms with Gasteiger partial charge in [0.05, 0.1) is 24.8 Å². The third-order valence-electron chi connectivity index (χ3n) is 5.53. The minimum Gasteiger partial charge on any atom is -0.508 e. The van der Waals surface area contributed by atoms with Crippen LogP contribution in [-0.4, -0.2) is 28.5 Å². The molecule has 4 N–H and O–H groups in total. The number of fused-ring (bicyclic) bond motifs is 1. The molecular weight excluding hydrogens is 356 g/mol. The second-order valence-electron chi connectivity index (χ2n) is 7.12. The van der Waals surface area contributed by atoms with Crippen molar-refractivity contribution >= 4 is 0 Å². The van der Waals surface area contributed by atoms with Crippen molar-refractivity contribution in [3.8, 4) is 23.3 Å². The van der Waals surface area contributed by atoms with Crippen molar-refractivity contribution in [2.75, 3.05) is 7.11 Å². The molecule has 0 radical (unpaired) electrons. The van der Waals surface area contributed by atoms with E-state index in [4.69, 9.17) is 4.74 Å². The van der Waals surface area contributed by atoms with Gasteiger partial charge in [0.25, 0.3) is 0 Å². The van der Waals surface area contributed by atoms with Gasteiger partial charge in [0, 0.05) is 12.2 Å². The number of rotatable bonds is 3. The van der Waals surface area contributed by atoms with Crippen LogP contribution in [0, 0.1) is 17.2 Å². The van der Waals surface area contributed by atoms with Crippen molar-refractivity contribution < 1.29 is 14.9 Å². The number of methoxy groups -OCH3 is 1. The number of hydrazine groups is 1. The van der Waals surface area contributed by atoms with Crippen LogP contribution in [0.5, 0.6) is 17.2 Å². The first kappa shape index (κ1) is 18.2. The quantitative estimate of drug-likeness (QED) is 0.651. The van der Waals surface area contributed by atoms with Crippen molar-refractivity contribution in [3.63, 3.8) is 0 Å². The summed E-state index contributed by atoms with van der Waals surface area (Å²) in [4.78, 5) is 0. The lowest BCUT2D eigenvalue weighted by molar-refractivity contribution is 0.00702. The number of phenols is 2. The van der Waals surface area contributed by atoms with E-state index < -0.39 is 0 Å². The average molecular weight is 378 g/mol. The topological polar surface area (TPSA) is 101 Å². The molecule has 2 heterocycles. The second kappa shape index (κ2) is 7.08. The van der Waals surface area contributed by atoms with Crippen molar-refractivity contribution in [3.05, 3.63) is 65.4 Å². The molecule has 0 spiro atoms. The van der Waals surface area contributed by atoms with Crippen molar-refractivity contribution in [2.45, 2.75) is 25.2 Å². The van der Waals surface area contributed by atoms with Crippen LogP contribution in [-0.2, 0) is 0 Å². The molecule has 0 saturated carbocycles. The summed E-state index contributed by atoms with van der Waals surface area (Å²) in [6.07, 6.45) is 1.43. The molecule has 0 bridgehead atoms. The summed E-state index contributed by atoms with van der Waals surface area (Å²) in [5.41, 5.74) is 5.82. The lowest BCUT2D eigenvalue weighted by atomic mass is 9.81. The summed E-state index contributed by atoms with van der Waals surface area (Å²) in [6, 6.07) is 14.6. The smallest absolute Gasteiger partial charge is 0.160 e. The van der Waals surface area contributed by atoms with E-state index >= 15 is 0 Å². The zero-order valence-electron chi connectivity index (χ0n) is 15.6. The lowest BCUT2D eigenvalue weighted by Gasteiger charge is -2.47. The van der Waals surface area contributed by atoms with Crippen molar-refractivity contribution in [1.82, 2.24) is 15.8 Å². The molecule has 1 saturated heterocycles. The molecule has 2 aromatic carbocycles. The molecule has 1 fully saturated rings. The van der Waals surface area contributed by atoms with E-state index in [2.05, 4.69) is 23.7 Å². The Morgan fingerprint density at radius 3 is 2.50 bits per heavy atom. The van der Waals surface area contributed by atoms with Crippen LogP contribution in [0.2, 0.25) is 0 Å². The Morgan fingerprint density at radius 1 is 1.11 bits per heavy atom. The summed E-state index contributed by atoms with van der Waals surface area (Å²) < 4.78 is 5.27. The van der Waals surface area contributed by atoms with Crippen LogP contribution in [0.25, 0.3) is 0 Å². The van der Waals surface area contributed by atoms with Crippen molar-refractivity contribution in [2.24, 2.45) is 5.92 Å². The fraction of sp³-hybridized carbons (Fsp3) is 0.286. The van der Waals surface area contributed by atoms with Gasteiger partial charge in [-0.05, 0) is 41.3 Å². The minimum absolute atomic E-state index is 0.0428. The molecule has 2 aromatic rings. The molecule has 2 aliphatic rings. The third-order valence-corrected chi connectivity index (χ3v) is 5.53. The molecule has 0 amide bonds. The van der Waals surface area contributed by atoms with Gasteiger partial charge in [-0.2, -0.15) is 10.3 Å². The first-order chi connectivity index (χ1) is 13.5. The van der Waals surface area contributed by atoms with Crippen LogP contribution >= 0.6 is 0 Å². The molecule has 0 aliphatic carbocycles. The van der Waals surface area contributed by atoms with Gasteiger partial charge < -0.3 is 20.4 Å². The first-order valence-electron chi connectivity index (χ1n) is 9.10. The van der Waals surface area contributed by atoms with E-state index in [1.165, 1.54) is 7.11 Å². The molecule has 7 heteroatoms. The number of nitrogens with one attached hydrogen (secondary N) is 2. The maximum absolute atomic E-state index is 9.95. The second-order valence-corrected chi connectivity index (χ2v) is 7.12. The van der Waals surface area contributed by atoms with Gasteiger partial charge in [-0.1, -0.05) is 25.1 Å². The maximum atomic E-state index is 9.95. The van der Waals surface area contributed by atoms with Gasteiger partial charge in [-0.25, -0.2) is 0 Å². The average Bonchev–Trinajstić information content (AvgIpc) is 3.11. The van der Waals surface area contributed by atoms with E-state index in [-0.39, 0.29) is 35.7 Å². The van der Waals surface area contributed by atoms with E-state index in [0.29, 0.717) is 11.3 Å². The zero-order chi connectivity index (χ0) is 19.8. The SMILES string of the molecule is COc1cc(C2NC3C(C#N)=CNN3C(c3ccc(O)cc3)C2C)ccc1O. The Bertz CT molecular complexity index is 951.